The van der Waals surface area contributed by atoms with E-state index in [2.05, 4.69) is 0 Å². The van der Waals surface area contributed by atoms with Gasteiger partial charge >= 0.3 is 6.16 Å². The highest BCUT2D eigenvalue weighted by Gasteiger charge is 2.09. The summed E-state index contributed by atoms with van der Waals surface area (Å²) in [5, 5.41) is 10.6. The number of nitrogens with zero attached hydrogens (tertiary/aromatic N) is 1. The Bertz CT molecular complexity index is 923. The highest BCUT2D eigenvalue weighted by Crippen LogP contribution is 2.18. The van der Waals surface area contributed by atoms with Crippen molar-refractivity contribution in [1.82, 2.24) is 0 Å². The summed E-state index contributed by atoms with van der Waals surface area (Å²) in [6, 6.07) is 22.2. The zero-order chi connectivity index (χ0) is 19.8. The number of nitro benzene ring substituents is 1. The lowest BCUT2D eigenvalue weighted by Crippen LogP contribution is -2.10. The normalized spacial score (nSPS) is 10.1. The molecule has 0 aliphatic carbocycles. The number of hydrogen-bond acceptors (Lipinski definition) is 6. The maximum atomic E-state index is 11.7. The van der Waals surface area contributed by atoms with Gasteiger partial charge in [0.25, 0.3) is 5.69 Å². The molecule has 0 radical (unpaired) electrons. The smallest absolute Gasteiger partial charge is 0.489 e. The Balaban J connectivity index is 1.45. The molecular formula is C21H17NO6. The lowest BCUT2D eigenvalue weighted by molar-refractivity contribution is -0.384. The molecular weight excluding hydrogens is 362 g/mol. The van der Waals surface area contributed by atoms with Crippen molar-refractivity contribution in [2.24, 2.45) is 0 Å². The predicted octanol–water partition coefficient (Wildman–Crippen LogP) is 4.89. The van der Waals surface area contributed by atoms with Crippen molar-refractivity contribution < 1.29 is 23.9 Å². The molecule has 0 saturated carbocycles. The molecule has 0 aliphatic heterocycles. The molecule has 0 atom stereocenters. The molecule has 0 aromatic heterocycles. The molecule has 0 unspecified atom stereocenters. The van der Waals surface area contributed by atoms with Crippen molar-refractivity contribution >= 4 is 11.8 Å². The number of non-ortho nitro benzene ring substituents is 1. The summed E-state index contributed by atoms with van der Waals surface area (Å²) in [5.74, 6) is 0.876. The van der Waals surface area contributed by atoms with E-state index in [1.165, 1.54) is 24.3 Å². The minimum Gasteiger partial charge on any atom is -0.489 e. The third-order valence-electron chi connectivity index (χ3n) is 3.78. The molecule has 7 heteroatoms. The van der Waals surface area contributed by atoms with Gasteiger partial charge in [0, 0.05) is 12.1 Å². The third-order valence-corrected chi connectivity index (χ3v) is 3.78. The van der Waals surface area contributed by atoms with Crippen LogP contribution >= 0.6 is 0 Å². The van der Waals surface area contributed by atoms with Crippen LogP contribution in [0.3, 0.4) is 0 Å². The summed E-state index contributed by atoms with van der Waals surface area (Å²) < 4.78 is 15.7. The zero-order valence-corrected chi connectivity index (χ0v) is 14.8. The lowest BCUT2D eigenvalue weighted by Gasteiger charge is -2.08. The minimum atomic E-state index is -0.891. The Morgan fingerprint density at radius 1 is 0.786 bits per heavy atom. The maximum absolute atomic E-state index is 11.7. The average Bonchev–Trinajstić information content (AvgIpc) is 2.72. The van der Waals surface area contributed by atoms with Crippen LogP contribution in [0.2, 0.25) is 0 Å². The molecule has 0 spiro atoms. The van der Waals surface area contributed by atoms with Crippen LogP contribution in [0, 0.1) is 10.1 Å². The third kappa shape index (κ3) is 5.57. The SMILES string of the molecule is O=C(OCc1ccc(OCc2ccccc2)cc1)Oc1ccc([N+](=O)[O-])cc1. The second kappa shape index (κ2) is 9.18. The van der Waals surface area contributed by atoms with E-state index in [-0.39, 0.29) is 18.0 Å². The van der Waals surface area contributed by atoms with Crippen molar-refractivity contribution in [3.8, 4) is 11.5 Å². The Morgan fingerprint density at radius 2 is 1.39 bits per heavy atom. The molecule has 0 aliphatic rings. The van der Waals surface area contributed by atoms with Crippen molar-refractivity contribution in [1.29, 1.82) is 0 Å². The van der Waals surface area contributed by atoms with Gasteiger partial charge in [0.15, 0.2) is 0 Å². The lowest BCUT2D eigenvalue weighted by atomic mass is 10.2. The van der Waals surface area contributed by atoms with E-state index in [1.807, 2.05) is 30.3 Å². The fraction of sp³-hybridized carbons (Fsp3) is 0.0952. The van der Waals surface area contributed by atoms with Gasteiger partial charge in [-0.25, -0.2) is 4.79 Å². The quantitative estimate of drug-likeness (QED) is 0.251. The van der Waals surface area contributed by atoms with Crippen molar-refractivity contribution in [2.45, 2.75) is 13.2 Å². The number of carbonyl (C=O) groups is 1. The van der Waals surface area contributed by atoms with E-state index in [1.54, 1.807) is 24.3 Å². The summed E-state index contributed by atoms with van der Waals surface area (Å²) in [6.07, 6.45) is -0.891. The van der Waals surface area contributed by atoms with Gasteiger partial charge in [-0.3, -0.25) is 10.1 Å². The van der Waals surface area contributed by atoms with Crippen LogP contribution in [0.4, 0.5) is 10.5 Å². The largest absolute Gasteiger partial charge is 0.514 e. The Morgan fingerprint density at radius 3 is 2.04 bits per heavy atom. The number of nitro groups is 1. The summed E-state index contributed by atoms with van der Waals surface area (Å²) in [7, 11) is 0. The van der Waals surface area contributed by atoms with Crippen LogP contribution in [0.1, 0.15) is 11.1 Å². The number of ether oxygens (including phenoxy) is 3. The van der Waals surface area contributed by atoms with Crippen molar-refractivity contribution in [3.05, 3.63) is 100 Å². The van der Waals surface area contributed by atoms with Gasteiger partial charge in [-0.2, -0.15) is 0 Å². The number of hydrogen-bond donors (Lipinski definition) is 0. The van der Waals surface area contributed by atoms with Gasteiger partial charge in [-0.15, -0.1) is 0 Å². The first-order valence-corrected chi connectivity index (χ1v) is 8.45. The monoisotopic (exact) mass is 379 g/mol. The van der Waals surface area contributed by atoms with Gasteiger partial charge in [0.1, 0.15) is 24.7 Å². The summed E-state index contributed by atoms with van der Waals surface area (Å²) in [6.45, 7) is 0.503. The van der Waals surface area contributed by atoms with E-state index >= 15 is 0 Å². The molecule has 0 heterocycles. The van der Waals surface area contributed by atoms with E-state index < -0.39 is 11.1 Å². The van der Waals surface area contributed by atoms with Crippen LogP contribution in [-0.2, 0) is 18.0 Å². The van der Waals surface area contributed by atoms with Crippen molar-refractivity contribution in [2.75, 3.05) is 0 Å². The van der Waals surface area contributed by atoms with Crippen LogP contribution in [0.5, 0.6) is 11.5 Å². The highest BCUT2D eigenvalue weighted by atomic mass is 16.7. The van der Waals surface area contributed by atoms with E-state index in [0.29, 0.717) is 12.4 Å². The first kappa shape index (κ1) is 18.9. The molecule has 28 heavy (non-hydrogen) atoms. The fourth-order valence-electron chi connectivity index (χ4n) is 2.33. The van der Waals surface area contributed by atoms with E-state index in [0.717, 1.165) is 11.1 Å². The van der Waals surface area contributed by atoms with Crippen LogP contribution < -0.4 is 9.47 Å². The van der Waals surface area contributed by atoms with E-state index in [4.69, 9.17) is 14.2 Å². The minimum absolute atomic E-state index is 0.0325. The number of carbonyl (C=O) groups excluding carboxylic acids is 1. The zero-order valence-electron chi connectivity index (χ0n) is 14.8. The first-order chi connectivity index (χ1) is 13.6. The molecule has 142 valence electrons. The van der Waals surface area contributed by atoms with Crippen LogP contribution in [0.15, 0.2) is 78.9 Å². The second-order valence-electron chi connectivity index (χ2n) is 5.81. The maximum Gasteiger partial charge on any atom is 0.514 e. The topological polar surface area (TPSA) is 87.9 Å². The van der Waals surface area contributed by atoms with Gasteiger partial charge in [-0.05, 0) is 35.4 Å². The first-order valence-electron chi connectivity index (χ1n) is 8.45. The fourth-order valence-corrected chi connectivity index (χ4v) is 2.33. The second-order valence-corrected chi connectivity index (χ2v) is 5.81. The van der Waals surface area contributed by atoms with Crippen molar-refractivity contribution in [3.63, 3.8) is 0 Å². The predicted molar refractivity (Wildman–Crippen MR) is 101 cm³/mol. The Kier molecular flexibility index (Phi) is 6.20. The number of rotatable bonds is 7. The standard InChI is InChI=1S/C21H17NO6/c23-21(28-20-12-8-18(9-13-20)22(24)25)27-15-17-6-10-19(11-7-17)26-14-16-4-2-1-3-5-16/h1-13H,14-15H2. The molecule has 0 N–H and O–H groups in total. The summed E-state index contributed by atoms with van der Waals surface area (Å²) in [4.78, 5) is 21.8. The summed E-state index contributed by atoms with van der Waals surface area (Å²) >= 11 is 0. The molecule has 3 rings (SSSR count). The van der Waals surface area contributed by atoms with Crippen LogP contribution in [-0.4, -0.2) is 11.1 Å². The van der Waals surface area contributed by atoms with Crippen LogP contribution in [0.25, 0.3) is 0 Å². The molecule has 0 fully saturated rings. The van der Waals surface area contributed by atoms with Gasteiger partial charge < -0.3 is 14.2 Å². The molecule has 0 bridgehead atoms. The Labute approximate surface area is 161 Å². The summed E-state index contributed by atoms with van der Waals surface area (Å²) in [5.41, 5.74) is 1.76. The number of benzene rings is 3. The average molecular weight is 379 g/mol. The van der Waals surface area contributed by atoms with Gasteiger partial charge in [0.2, 0.25) is 0 Å². The van der Waals surface area contributed by atoms with E-state index in [9.17, 15) is 14.9 Å². The molecule has 7 nitrogen and oxygen atoms in total. The molecule has 3 aromatic rings. The Hall–Kier alpha value is -3.87. The molecule has 0 saturated heterocycles. The van der Waals surface area contributed by atoms with Gasteiger partial charge in [0.05, 0.1) is 4.92 Å². The molecule has 3 aromatic carbocycles. The molecule has 0 amide bonds. The highest BCUT2D eigenvalue weighted by molar-refractivity contribution is 5.64. The van der Waals surface area contributed by atoms with Gasteiger partial charge in [-0.1, -0.05) is 42.5 Å².